The Morgan fingerprint density at radius 2 is 1.88 bits per heavy atom. The first-order valence-corrected chi connectivity index (χ1v) is 11.7. The van der Waals surface area contributed by atoms with E-state index in [1.54, 1.807) is 0 Å². The van der Waals surface area contributed by atoms with Gasteiger partial charge in [0.15, 0.2) is 0 Å². The molecule has 172 valence electrons. The third-order valence-electron chi connectivity index (χ3n) is 6.13. The molecule has 33 heavy (non-hydrogen) atoms. The number of likely N-dealkylation sites (N-methyl/N-ethyl adjacent to an activating group) is 1. The molecule has 1 aliphatic heterocycles. The van der Waals surface area contributed by atoms with Gasteiger partial charge in [-0.2, -0.15) is 0 Å². The van der Waals surface area contributed by atoms with E-state index in [1.807, 2.05) is 44.2 Å². The summed E-state index contributed by atoms with van der Waals surface area (Å²) in [6.45, 7) is 12.0. The van der Waals surface area contributed by atoms with Crippen LogP contribution in [0.15, 0.2) is 81.7 Å². The maximum absolute atomic E-state index is 12.9. The second-order valence-electron chi connectivity index (χ2n) is 8.36. The van der Waals surface area contributed by atoms with Gasteiger partial charge < -0.3 is 14.8 Å². The zero-order chi connectivity index (χ0) is 23.5. The molecule has 5 nitrogen and oxygen atoms in total. The maximum Gasteiger partial charge on any atom is 0.338 e. The van der Waals surface area contributed by atoms with Gasteiger partial charge in [0.1, 0.15) is 11.9 Å². The minimum atomic E-state index is -0.306. The lowest BCUT2D eigenvalue weighted by atomic mass is 9.75. The van der Waals surface area contributed by atoms with Crippen LogP contribution in [0.1, 0.15) is 50.5 Å². The van der Waals surface area contributed by atoms with Crippen LogP contribution < -0.4 is 5.32 Å². The number of ether oxygens (including phenoxy) is 2. The van der Waals surface area contributed by atoms with Crippen molar-refractivity contribution in [1.82, 2.24) is 5.32 Å². The van der Waals surface area contributed by atoms with E-state index in [2.05, 4.69) is 49.3 Å². The highest BCUT2D eigenvalue weighted by Gasteiger charge is 2.38. The van der Waals surface area contributed by atoms with Crippen LogP contribution >= 0.6 is 0 Å². The molecule has 5 heteroatoms. The molecule has 2 unspecified atom stereocenters. The third kappa shape index (κ3) is 4.32. The molecule has 0 amide bonds. The van der Waals surface area contributed by atoms with E-state index in [0.717, 1.165) is 46.0 Å². The van der Waals surface area contributed by atoms with Gasteiger partial charge in [-0.15, -0.1) is 0 Å². The van der Waals surface area contributed by atoms with Gasteiger partial charge >= 0.3 is 5.97 Å². The van der Waals surface area contributed by atoms with Crippen LogP contribution in [0.25, 0.3) is 5.57 Å². The summed E-state index contributed by atoms with van der Waals surface area (Å²) in [5.74, 6) is 0.464. The number of allylic oxidation sites excluding steroid dienone is 4. The highest BCUT2D eigenvalue weighted by atomic mass is 16.5. The standard InChI is InChI=1S/C28H32N2O3/c1-6-29-23-15-25-21(13-17(23)4)27(19-11-9-10-12-20(19)28(31)32-8-3)22-14-18(5)24(30-7-2)16-26(22)33-25/h9-16,21,25,29H,6-8H2,1-5H3. The number of nitrogens with one attached hydrogen (secondary N) is 1. The van der Waals surface area contributed by atoms with Crippen LogP contribution in [0.2, 0.25) is 0 Å². The van der Waals surface area contributed by atoms with E-state index in [0.29, 0.717) is 18.7 Å². The summed E-state index contributed by atoms with van der Waals surface area (Å²) in [6, 6.07) is 7.72. The lowest BCUT2D eigenvalue weighted by Gasteiger charge is -2.39. The smallest absolute Gasteiger partial charge is 0.338 e. The predicted molar refractivity (Wildman–Crippen MR) is 133 cm³/mol. The summed E-state index contributed by atoms with van der Waals surface area (Å²) in [6.07, 6.45) is 8.41. The molecule has 0 fully saturated rings. The van der Waals surface area contributed by atoms with E-state index in [1.165, 1.54) is 5.57 Å². The number of rotatable bonds is 6. The zero-order valence-corrected chi connectivity index (χ0v) is 20.1. The number of carbonyl (C=O) groups excluding carboxylic acids is 1. The number of carbonyl (C=O) groups is 1. The number of hydrogen-bond acceptors (Lipinski definition) is 5. The van der Waals surface area contributed by atoms with Crippen LogP contribution in [0.3, 0.4) is 0 Å². The Balaban J connectivity index is 1.95. The highest BCUT2D eigenvalue weighted by Crippen LogP contribution is 2.46. The number of esters is 1. The maximum atomic E-state index is 12.9. The zero-order valence-electron chi connectivity index (χ0n) is 20.1. The summed E-state index contributed by atoms with van der Waals surface area (Å²) in [7, 11) is 0. The molecule has 0 aromatic heterocycles. The molecule has 0 saturated heterocycles. The van der Waals surface area contributed by atoms with Gasteiger partial charge in [-0.3, -0.25) is 4.99 Å². The van der Waals surface area contributed by atoms with Crippen molar-refractivity contribution in [2.24, 2.45) is 10.9 Å². The van der Waals surface area contributed by atoms with Crippen molar-refractivity contribution < 1.29 is 14.3 Å². The van der Waals surface area contributed by atoms with Gasteiger partial charge in [0.2, 0.25) is 0 Å². The third-order valence-corrected chi connectivity index (χ3v) is 6.13. The van der Waals surface area contributed by atoms with Gasteiger partial charge in [0.05, 0.1) is 17.9 Å². The number of nitrogens with zero attached hydrogens (tertiary/aromatic N) is 1. The molecule has 2 aliphatic carbocycles. The van der Waals surface area contributed by atoms with Gasteiger partial charge in [-0.25, -0.2) is 4.79 Å². The minimum absolute atomic E-state index is 0.0242. The Morgan fingerprint density at radius 3 is 2.61 bits per heavy atom. The number of hydrogen-bond donors (Lipinski definition) is 1. The van der Waals surface area contributed by atoms with Crippen molar-refractivity contribution in [3.05, 3.63) is 87.9 Å². The quantitative estimate of drug-likeness (QED) is 0.598. The molecule has 0 bridgehead atoms. The number of benzene rings is 1. The van der Waals surface area contributed by atoms with Crippen LogP contribution in [-0.4, -0.2) is 37.5 Å². The molecule has 1 heterocycles. The predicted octanol–water partition coefficient (Wildman–Crippen LogP) is 5.39. The van der Waals surface area contributed by atoms with Crippen molar-refractivity contribution in [1.29, 1.82) is 0 Å². The van der Waals surface area contributed by atoms with Crippen LogP contribution in [-0.2, 0) is 9.47 Å². The molecule has 1 aromatic carbocycles. The lowest BCUT2D eigenvalue weighted by Crippen LogP contribution is -2.34. The van der Waals surface area contributed by atoms with E-state index >= 15 is 0 Å². The summed E-state index contributed by atoms with van der Waals surface area (Å²) in [4.78, 5) is 17.5. The minimum Gasteiger partial charge on any atom is -0.485 e. The first-order chi connectivity index (χ1) is 16.0. The van der Waals surface area contributed by atoms with Crippen molar-refractivity contribution in [2.75, 3.05) is 19.7 Å². The van der Waals surface area contributed by atoms with Crippen molar-refractivity contribution in [3.8, 4) is 0 Å². The van der Waals surface area contributed by atoms with Gasteiger partial charge in [-0.05, 0) is 75.1 Å². The van der Waals surface area contributed by atoms with E-state index in [9.17, 15) is 4.79 Å². The molecular weight excluding hydrogens is 412 g/mol. The number of aliphatic imine (C=N–C) groups is 1. The summed E-state index contributed by atoms with van der Waals surface area (Å²) < 4.78 is 11.9. The SMILES string of the molecule is CCN=C1C=C2OC3C=C(NCC)C(C)=CC3C(c3ccccc3C(=O)OCC)=C2C=C1C. The van der Waals surface area contributed by atoms with Crippen molar-refractivity contribution >= 4 is 17.3 Å². The Labute approximate surface area is 196 Å². The van der Waals surface area contributed by atoms with Crippen LogP contribution in [0.4, 0.5) is 0 Å². The molecule has 3 aliphatic rings. The fraction of sp³-hybridized carbons (Fsp3) is 0.357. The highest BCUT2D eigenvalue weighted by molar-refractivity contribution is 6.11. The van der Waals surface area contributed by atoms with Crippen LogP contribution in [0.5, 0.6) is 0 Å². The van der Waals surface area contributed by atoms with Gasteiger partial charge in [-0.1, -0.05) is 24.3 Å². The second-order valence-corrected chi connectivity index (χ2v) is 8.36. The van der Waals surface area contributed by atoms with E-state index in [4.69, 9.17) is 9.47 Å². The topological polar surface area (TPSA) is 59.9 Å². The van der Waals surface area contributed by atoms with Gasteiger partial charge in [0, 0.05) is 36.4 Å². The number of fused-ring (bicyclic) bond motifs is 2. The Morgan fingerprint density at radius 1 is 1.09 bits per heavy atom. The fourth-order valence-corrected chi connectivity index (χ4v) is 4.68. The first kappa shape index (κ1) is 22.8. The molecular formula is C28H32N2O3. The fourth-order valence-electron chi connectivity index (χ4n) is 4.68. The molecule has 0 radical (unpaired) electrons. The average molecular weight is 445 g/mol. The molecule has 4 rings (SSSR count). The van der Waals surface area contributed by atoms with Gasteiger partial charge in [0.25, 0.3) is 0 Å². The lowest BCUT2D eigenvalue weighted by molar-refractivity contribution is 0.0525. The Kier molecular flexibility index (Phi) is 6.68. The molecule has 0 spiro atoms. The second kappa shape index (κ2) is 9.65. The molecule has 0 saturated carbocycles. The van der Waals surface area contributed by atoms with E-state index in [-0.39, 0.29) is 18.0 Å². The summed E-state index contributed by atoms with van der Waals surface area (Å²) >= 11 is 0. The van der Waals surface area contributed by atoms with Crippen LogP contribution in [0, 0.1) is 5.92 Å². The average Bonchev–Trinajstić information content (AvgIpc) is 2.80. The van der Waals surface area contributed by atoms with E-state index < -0.39 is 0 Å². The molecule has 1 N–H and O–H groups in total. The largest absolute Gasteiger partial charge is 0.485 e. The first-order valence-electron chi connectivity index (χ1n) is 11.7. The van der Waals surface area contributed by atoms with Crippen molar-refractivity contribution in [3.63, 3.8) is 0 Å². The van der Waals surface area contributed by atoms with Crippen molar-refractivity contribution in [2.45, 2.75) is 40.7 Å². The Bertz CT molecular complexity index is 1150. The monoisotopic (exact) mass is 444 g/mol. The molecule has 1 aromatic rings. The molecule has 2 atom stereocenters. The summed E-state index contributed by atoms with van der Waals surface area (Å²) in [5, 5.41) is 3.44. The normalized spacial score (nSPS) is 22.9. The Hall–Kier alpha value is -3.34. The summed E-state index contributed by atoms with van der Waals surface area (Å²) in [5.41, 5.74) is 7.84.